The van der Waals surface area contributed by atoms with Crippen LogP contribution < -0.4 is 10.1 Å². The van der Waals surface area contributed by atoms with Gasteiger partial charge in [-0.05, 0) is 46.7 Å². The Morgan fingerprint density at radius 1 is 1.09 bits per heavy atom. The number of benzene rings is 2. The third-order valence-electron chi connectivity index (χ3n) is 5.74. The van der Waals surface area contributed by atoms with Gasteiger partial charge in [-0.25, -0.2) is 0 Å². The van der Waals surface area contributed by atoms with Crippen molar-refractivity contribution in [2.75, 3.05) is 13.7 Å². The molecule has 0 saturated carbocycles. The summed E-state index contributed by atoms with van der Waals surface area (Å²) in [6.45, 7) is 5.20. The fourth-order valence-corrected chi connectivity index (χ4v) is 5.16. The van der Waals surface area contributed by atoms with Crippen molar-refractivity contribution in [1.29, 1.82) is 0 Å². The molecule has 0 aliphatic carbocycles. The van der Waals surface area contributed by atoms with Gasteiger partial charge in [0.1, 0.15) is 5.75 Å². The monoisotopic (exact) mass is 448 g/mol. The van der Waals surface area contributed by atoms with Crippen LogP contribution in [0.2, 0.25) is 0 Å². The van der Waals surface area contributed by atoms with Gasteiger partial charge in [0.25, 0.3) is 5.91 Å². The van der Waals surface area contributed by atoms with Crippen LogP contribution in [0.4, 0.5) is 0 Å². The largest absolute Gasteiger partial charge is 0.497 e. The van der Waals surface area contributed by atoms with Gasteiger partial charge in [-0.3, -0.25) is 9.59 Å². The van der Waals surface area contributed by atoms with Crippen molar-refractivity contribution in [3.8, 4) is 5.75 Å². The van der Waals surface area contributed by atoms with Gasteiger partial charge in [0.05, 0.1) is 19.1 Å². The number of amides is 2. The molecule has 6 heteroatoms. The standard InChI is InChI=1S/C26H28N2O3S/c1-17(2)16-28-24(22-9-6-14-32-22)23(20-7-4-5-8-21(20)26(28)30)25(29)27-15-18-10-12-19(31-3)13-11-18/h4-14,17,23-24H,15-16H2,1-3H3,(H,27,29)/t23-,24+/m0/s1. The Bertz CT molecular complexity index is 1080. The maximum Gasteiger partial charge on any atom is 0.254 e. The van der Waals surface area contributed by atoms with Crippen molar-refractivity contribution in [3.63, 3.8) is 0 Å². The first-order chi connectivity index (χ1) is 15.5. The van der Waals surface area contributed by atoms with E-state index in [1.165, 1.54) is 0 Å². The predicted molar refractivity (Wildman–Crippen MR) is 127 cm³/mol. The van der Waals surface area contributed by atoms with Gasteiger partial charge in [0.2, 0.25) is 5.91 Å². The first-order valence-corrected chi connectivity index (χ1v) is 11.7. The quantitative estimate of drug-likeness (QED) is 0.553. The van der Waals surface area contributed by atoms with E-state index in [0.717, 1.165) is 21.8 Å². The zero-order valence-electron chi connectivity index (χ0n) is 18.6. The highest BCUT2D eigenvalue weighted by molar-refractivity contribution is 7.10. The Morgan fingerprint density at radius 2 is 1.84 bits per heavy atom. The summed E-state index contributed by atoms with van der Waals surface area (Å²) in [6, 6.07) is 18.8. The summed E-state index contributed by atoms with van der Waals surface area (Å²) < 4.78 is 5.21. The third kappa shape index (κ3) is 4.41. The van der Waals surface area contributed by atoms with Gasteiger partial charge in [-0.1, -0.05) is 50.2 Å². The highest BCUT2D eigenvalue weighted by Crippen LogP contribution is 2.44. The van der Waals surface area contributed by atoms with E-state index >= 15 is 0 Å². The van der Waals surface area contributed by atoms with Crippen LogP contribution in [0, 0.1) is 5.92 Å². The van der Waals surface area contributed by atoms with E-state index in [-0.39, 0.29) is 23.8 Å². The lowest BCUT2D eigenvalue weighted by molar-refractivity contribution is -0.124. The lowest BCUT2D eigenvalue weighted by Gasteiger charge is -2.42. The number of hydrogen-bond donors (Lipinski definition) is 1. The van der Waals surface area contributed by atoms with E-state index in [9.17, 15) is 9.59 Å². The highest BCUT2D eigenvalue weighted by Gasteiger charge is 2.44. The van der Waals surface area contributed by atoms with Crippen LogP contribution >= 0.6 is 11.3 Å². The highest BCUT2D eigenvalue weighted by atomic mass is 32.1. The Labute approximate surface area is 193 Å². The molecule has 1 aliphatic heterocycles. The van der Waals surface area contributed by atoms with Crippen LogP contribution in [-0.2, 0) is 11.3 Å². The fraction of sp³-hybridized carbons (Fsp3) is 0.308. The average molecular weight is 449 g/mol. The van der Waals surface area contributed by atoms with E-state index in [1.54, 1.807) is 18.4 Å². The zero-order chi connectivity index (χ0) is 22.7. The molecule has 0 unspecified atom stereocenters. The summed E-state index contributed by atoms with van der Waals surface area (Å²) in [5.74, 6) is 0.510. The minimum Gasteiger partial charge on any atom is -0.497 e. The van der Waals surface area contributed by atoms with Crippen molar-refractivity contribution in [2.24, 2.45) is 5.92 Å². The number of carbonyl (C=O) groups is 2. The van der Waals surface area contributed by atoms with Crippen LogP contribution in [0.5, 0.6) is 5.75 Å². The molecule has 5 nitrogen and oxygen atoms in total. The van der Waals surface area contributed by atoms with E-state index in [0.29, 0.717) is 18.7 Å². The molecule has 0 saturated heterocycles. The number of thiophene rings is 1. The minimum absolute atomic E-state index is 0.00750. The Hall–Kier alpha value is -3.12. The van der Waals surface area contributed by atoms with Crippen LogP contribution in [0.15, 0.2) is 66.0 Å². The summed E-state index contributed by atoms with van der Waals surface area (Å²) >= 11 is 1.59. The van der Waals surface area contributed by atoms with Gasteiger partial charge in [-0.15, -0.1) is 11.3 Å². The van der Waals surface area contributed by atoms with E-state index < -0.39 is 5.92 Å². The van der Waals surface area contributed by atoms with E-state index in [4.69, 9.17) is 4.74 Å². The summed E-state index contributed by atoms with van der Waals surface area (Å²) in [5, 5.41) is 5.11. The molecular formula is C26H28N2O3S. The Morgan fingerprint density at radius 3 is 2.50 bits per heavy atom. The lowest BCUT2D eigenvalue weighted by Crippen LogP contribution is -2.48. The number of nitrogens with one attached hydrogen (secondary N) is 1. The molecule has 1 aromatic heterocycles. The van der Waals surface area contributed by atoms with Crippen LogP contribution in [0.25, 0.3) is 0 Å². The second kappa shape index (κ2) is 9.57. The number of ether oxygens (including phenoxy) is 1. The normalized spacial score (nSPS) is 17.9. The predicted octanol–water partition coefficient (Wildman–Crippen LogP) is 5.01. The van der Waals surface area contributed by atoms with E-state index in [2.05, 4.69) is 19.2 Å². The summed E-state index contributed by atoms with van der Waals surface area (Å²) in [6.07, 6.45) is 0. The van der Waals surface area contributed by atoms with Gasteiger partial charge in [0.15, 0.2) is 0 Å². The molecule has 166 valence electrons. The fourth-order valence-electron chi connectivity index (χ4n) is 4.29. The molecule has 32 heavy (non-hydrogen) atoms. The number of nitrogens with zero attached hydrogens (tertiary/aromatic N) is 1. The molecule has 0 radical (unpaired) electrons. The van der Waals surface area contributed by atoms with Crippen molar-refractivity contribution in [1.82, 2.24) is 10.2 Å². The smallest absolute Gasteiger partial charge is 0.254 e. The van der Waals surface area contributed by atoms with Crippen LogP contribution in [0.3, 0.4) is 0 Å². The SMILES string of the molecule is COc1ccc(CNC(=O)[C@H]2c3ccccc3C(=O)N(CC(C)C)[C@@H]2c2cccs2)cc1. The number of rotatable bonds is 7. The molecule has 3 aromatic rings. The van der Waals surface area contributed by atoms with Crippen LogP contribution in [0.1, 0.15) is 52.2 Å². The molecule has 0 spiro atoms. The van der Waals surface area contributed by atoms with Crippen molar-refractivity contribution in [3.05, 3.63) is 87.6 Å². The van der Waals surface area contributed by atoms with Crippen LogP contribution in [-0.4, -0.2) is 30.4 Å². The van der Waals surface area contributed by atoms with E-state index in [1.807, 2.05) is 70.9 Å². The number of methoxy groups -OCH3 is 1. The molecule has 1 N–H and O–H groups in total. The molecule has 2 amide bonds. The Balaban J connectivity index is 1.69. The molecule has 0 bridgehead atoms. The maximum atomic E-state index is 13.6. The molecule has 0 fully saturated rings. The van der Waals surface area contributed by atoms with Crippen molar-refractivity contribution < 1.29 is 14.3 Å². The molecule has 4 rings (SSSR count). The first-order valence-electron chi connectivity index (χ1n) is 10.8. The summed E-state index contributed by atoms with van der Waals surface area (Å²) in [5.41, 5.74) is 2.40. The lowest BCUT2D eigenvalue weighted by atomic mass is 9.81. The third-order valence-corrected chi connectivity index (χ3v) is 6.69. The Kier molecular flexibility index (Phi) is 6.61. The van der Waals surface area contributed by atoms with Gasteiger partial charge >= 0.3 is 0 Å². The molecule has 1 aliphatic rings. The minimum atomic E-state index is -0.473. The second-order valence-corrected chi connectivity index (χ2v) is 9.42. The molecule has 2 heterocycles. The van der Waals surface area contributed by atoms with Gasteiger partial charge in [0, 0.05) is 23.5 Å². The average Bonchev–Trinajstić information content (AvgIpc) is 3.33. The molecular weight excluding hydrogens is 420 g/mol. The molecule has 2 atom stereocenters. The van der Waals surface area contributed by atoms with Gasteiger partial charge < -0.3 is 15.0 Å². The number of fused-ring (bicyclic) bond motifs is 1. The number of carbonyl (C=O) groups excluding carboxylic acids is 2. The topological polar surface area (TPSA) is 58.6 Å². The molecule has 2 aromatic carbocycles. The number of hydrogen-bond acceptors (Lipinski definition) is 4. The van der Waals surface area contributed by atoms with Gasteiger partial charge in [-0.2, -0.15) is 0 Å². The maximum absolute atomic E-state index is 13.6. The first kappa shape index (κ1) is 22.1. The van der Waals surface area contributed by atoms with Crippen molar-refractivity contribution in [2.45, 2.75) is 32.4 Å². The summed E-state index contributed by atoms with van der Waals surface area (Å²) in [7, 11) is 1.63. The second-order valence-electron chi connectivity index (χ2n) is 8.44. The summed E-state index contributed by atoms with van der Waals surface area (Å²) in [4.78, 5) is 30.0. The zero-order valence-corrected chi connectivity index (χ0v) is 19.4. The van der Waals surface area contributed by atoms with Crippen molar-refractivity contribution >= 4 is 23.2 Å².